The molecule has 0 saturated carbocycles. The minimum absolute atomic E-state index is 0.261. The van der Waals surface area contributed by atoms with Crippen LogP contribution in [0.25, 0.3) is 0 Å². The summed E-state index contributed by atoms with van der Waals surface area (Å²) in [5.74, 6) is -0.261. The lowest BCUT2D eigenvalue weighted by molar-refractivity contribution is -0.138. The van der Waals surface area contributed by atoms with Crippen LogP contribution in [-0.4, -0.2) is 24.8 Å². The summed E-state index contributed by atoms with van der Waals surface area (Å²) in [5, 5.41) is 9.42. The van der Waals surface area contributed by atoms with E-state index in [0.717, 1.165) is 6.07 Å². The number of aliphatic hydroxyl groups excluding tert-OH is 1. The molecule has 5 heteroatoms. The number of nitrogens with zero attached hydrogens (tertiary/aromatic N) is 1. The SMILES string of the molecule is CC(O)CC1CN(C)c2cccc(C(F)(F)F)c21. The van der Waals surface area contributed by atoms with E-state index in [0.29, 0.717) is 24.2 Å². The van der Waals surface area contributed by atoms with Crippen LogP contribution in [0.3, 0.4) is 0 Å². The van der Waals surface area contributed by atoms with Gasteiger partial charge in [0.25, 0.3) is 0 Å². The molecule has 2 rings (SSSR count). The Labute approximate surface area is 104 Å². The molecule has 0 spiro atoms. The summed E-state index contributed by atoms with van der Waals surface area (Å²) in [7, 11) is 1.78. The van der Waals surface area contributed by atoms with Crippen molar-refractivity contribution in [2.24, 2.45) is 0 Å². The number of hydrogen-bond donors (Lipinski definition) is 1. The Morgan fingerprint density at radius 2 is 2.11 bits per heavy atom. The first-order chi connectivity index (χ1) is 8.30. The third kappa shape index (κ3) is 2.32. The molecular formula is C13H16F3NO. The van der Waals surface area contributed by atoms with Gasteiger partial charge in [0.2, 0.25) is 0 Å². The second kappa shape index (κ2) is 4.46. The average molecular weight is 259 g/mol. The van der Waals surface area contributed by atoms with Crippen LogP contribution >= 0.6 is 0 Å². The molecule has 0 amide bonds. The van der Waals surface area contributed by atoms with Crippen molar-refractivity contribution in [2.75, 3.05) is 18.5 Å². The molecule has 2 nitrogen and oxygen atoms in total. The zero-order chi connectivity index (χ0) is 13.5. The highest BCUT2D eigenvalue weighted by Crippen LogP contribution is 2.45. The molecule has 0 bridgehead atoms. The van der Waals surface area contributed by atoms with Gasteiger partial charge in [-0.05, 0) is 31.0 Å². The number of fused-ring (bicyclic) bond motifs is 1. The maximum atomic E-state index is 13.0. The van der Waals surface area contributed by atoms with Crippen LogP contribution in [0.1, 0.15) is 30.4 Å². The molecule has 18 heavy (non-hydrogen) atoms. The molecule has 0 saturated heterocycles. The lowest BCUT2D eigenvalue weighted by Gasteiger charge is -2.17. The van der Waals surface area contributed by atoms with E-state index in [-0.39, 0.29) is 5.92 Å². The molecule has 1 aromatic carbocycles. The van der Waals surface area contributed by atoms with Crippen molar-refractivity contribution >= 4 is 5.69 Å². The molecule has 1 N–H and O–H groups in total. The smallest absolute Gasteiger partial charge is 0.393 e. The highest BCUT2D eigenvalue weighted by molar-refractivity contribution is 5.63. The summed E-state index contributed by atoms with van der Waals surface area (Å²) < 4.78 is 39.0. The van der Waals surface area contributed by atoms with Crippen LogP contribution in [0, 0.1) is 0 Å². The number of benzene rings is 1. The zero-order valence-corrected chi connectivity index (χ0v) is 10.3. The first-order valence-electron chi connectivity index (χ1n) is 5.90. The molecular weight excluding hydrogens is 243 g/mol. The van der Waals surface area contributed by atoms with Crippen LogP contribution in [0.5, 0.6) is 0 Å². The minimum atomic E-state index is -4.34. The Hall–Kier alpha value is -1.23. The Morgan fingerprint density at radius 3 is 2.67 bits per heavy atom. The predicted octanol–water partition coefficient (Wildman–Crippen LogP) is 3.01. The minimum Gasteiger partial charge on any atom is -0.393 e. The van der Waals surface area contributed by atoms with Gasteiger partial charge in [0, 0.05) is 25.2 Å². The van der Waals surface area contributed by atoms with E-state index in [4.69, 9.17) is 0 Å². The maximum absolute atomic E-state index is 13.0. The monoisotopic (exact) mass is 259 g/mol. The third-order valence-electron chi connectivity index (χ3n) is 3.33. The topological polar surface area (TPSA) is 23.5 Å². The fourth-order valence-corrected chi connectivity index (χ4v) is 2.69. The summed E-state index contributed by atoms with van der Waals surface area (Å²) in [5.41, 5.74) is 0.374. The number of aliphatic hydroxyl groups is 1. The molecule has 0 fully saturated rings. The molecule has 1 heterocycles. The molecule has 1 aliphatic rings. The number of anilines is 1. The van der Waals surface area contributed by atoms with Gasteiger partial charge in [-0.15, -0.1) is 0 Å². The second-order valence-corrected chi connectivity index (χ2v) is 4.90. The van der Waals surface area contributed by atoms with Crippen molar-refractivity contribution < 1.29 is 18.3 Å². The van der Waals surface area contributed by atoms with Crippen LogP contribution < -0.4 is 4.90 Å². The first-order valence-corrected chi connectivity index (χ1v) is 5.90. The van der Waals surface area contributed by atoms with Gasteiger partial charge in [0.1, 0.15) is 0 Å². The Balaban J connectivity index is 2.48. The quantitative estimate of drug-likeness (QED) is 0.882. The summed E-state index contributed by atoms with van der Waals surface area (Å²) in [6.07, 6.45) is -4.59. The third-order valence-corrected chi connectivity index (χ3v) is 3.33. The van der Waals surface area contributed by atoms with Crippen molar-refractivity contribution in [2.45, 2.75) is 31.5 Å². The molecule has 0 aliphatic carbocycles. The molecule has 2 unspecified atom stereocenters. The van der Waals surface area contributed by atoms with Crippen molar-refractivity contribution in [3.8, 4) is 0 Å². The van der Waals surface area contributed by atoms with Gasteiger partial charge in [-0.1, -0.05) is 6.07 Å². The lowest BCUT2D eigenvalue weighted by Crippen LogP contribution is -2.18. The highest BCUT2D eigenvalue weighted by Gasteiger charge is 2.39. The van der Waals surface area contributed by atoms with E-state index in [1.54, 1.807) is 20.0 Å². The van der Waals surface area contributed by atoms with Crippen molar-refractivity contribution in [1.29, 1.82) is 0 Å². The van der Waals surface area contributed by atoms with E-state index in [9.17, 15) is 18.3 Å². The Morgan fingerprint density at radius 1 is 1.44 bits per heavy atom. The van der Waals surface area contributed by atoms with Gasteiger partial charge >= 0.3 is 6.18 Å². The van der Waals surface area contributed by atoms with Gasteiger partial charge in [0.05, 0.1) is 11.7 Å². The number of alkyl halides is 3. The number of halogens is 3. The molecule has 0 radical (unpaired) electrons. The Bertz CT molecular complexity index is 440. The summed E-state index contributed by atoms with van der Waals surface area (Å²) in [4.78, 5) is 1.82. The summed E-state index contributed by atoms with van der Waals surface area (Å²) in [6, 6.07) is 4.25. The molecule has 1 aromatic rings. The molecule has 2 atom stereocenters. The zero-order valence-electron chi connectivity index (χ0n) is 10.3. The second-order valence-electron chi connectivity index (χ2n) is 4.90. The molecule has 1 aliphatic heterocycles. The summed E-state index contributed by atoms with van der Waals surface area (Å²) in [6.45, 7) is 2.13. The van der Waals surface area contributed by atoms with Crippen molar-refractivity contribution in [3.05, 3.63) is 29.3 Å². The largest absolute Gasteiger partial charge is 0.416 e. The van der Waals surface area contributed by atoms with Gasteiger partial charge in [-0.2, -0.15) is 13.2 Å². The van der Waals surface area contributed by atoms with E-state index < -0.39 is 17.8 Å². The number of hydrogen-bond acceptors (Lipinski definition) is 2. The van der Waals surface area contributed by atoms with Gasteiger partial charge < -0.3 is 10.0 Å². The number of rotatable bonds is 2. The normalized spacial score (nSPS) is 21.0. The van der Waals surface area contributed by atoms with Crippen molar-refractivity contribution in [1.82, 2.24) is 0 Å². The first kappa shape index (κ1) is 13.2. The highest BCUT2D eigenvalue weighted by atomic mass is 19.4. The van der Waals surface area contributed by atoms with E-state index in [2.05, 4.69) is 0 Å². The van der Waals surface area contributed by atoms with Crippen LogP contribution in [0.15, 0.2) is 18.2 Å². The standard InChI is InChI=1S/C13H16F3NO/c1-8(18)6-9-7-17(2)11-5-3-4-10(12(9)11)13(14,15)16/h3-5,8-9,18H,6-7H2,1-2H3. The predicted molar refractivity (Wildman–Crippen MR) is 63.8 cm³/mol. The average Bonchev–Trinajstić information content (AvgIpc) is 2.54. The van der Waals surface area contributed by atoms with Gasteiger partial charge in [-0.3, -0.25) is 0 Å². The van der Waals surface area contributed by atoms with E-state index in [1.807, 2.05) is 4.90 Å². The van der Waals surface area contributed by atoms with Crippen molar-refractivity contribution in [3.63, 3.8) is 0 Å². The summed E-state index contributed by atoms with van der Waals surface area (Å²) >= 11 is 0. The number of likely N-dealkylation sites (N-methyl/N-ethyl adjacent to an activating group) is 1. The lowest BCUT2D eigenvalue weighted by atomic mass is 9.91. The molecule has 100 valence electrons. The fraction of sp³-hybridized carbons (Fsp3) is 0.538. The van der Waals surface area contributed by atoms with E-state index >= 15 is 0 Å². The van der Waals surface area contributed by atoms with E-state index in [1.165, 1.54) is 6.07 Å². The van der Waals surface area contributed by atoms with Gasteiger partial charge in [-0.25, -0.2) is 0 Å². The van der Waals surface area contributed by atoms with Crippen LogP contribution in [0.2, 0.25) is 0 Å². The fourth-order valence-electron chi connectivity index (χ4n) is 2.69. The van der Waals surface area contributed by atoms with Gasteiger partial charge in [0.15, 0.2) is 0 Å². The van der Waals surface area contributed by atoms with Crippen LogP contribution in [0.4, 0.5) is 18.9 Å². The maximum Gasteiger partial charge on any atom is 0.416 e. The molecule has 0 aromatic heterocycles. The Kier molecular flexibility index (Phi) is 3.27. The van der Waals surface area contributed by atoms with Crippen LogP contribution in [-0.2, 0) is 6.18 Å².